The summed E-state index contributed by atoms with van der Waals surface area (Å²) in [6.45, 7) is 0.0974. The fourth-order valence-corrected chi connectivity index (χ4v) is 1.86. The molecule has 0 saturated carbocycles. The van der Waals surface area contributed by atoms with Gasteiger partial charge in [0.05, 0.1) is 11.3 Å². The Morgan fingerprint density at radius 2 is 1.91 bits per heavy atom. The molecule has 0 aliphatic carbocycles. The molecule has 2 rings (SSSR count). The maximum absolute atomic E-state index is 11.9. The molecule has 0 saturated heterocycles. The van der Waals surface area contributed by atoms with Gasteiger partial charge in [-0.15, -0.1) is 0 Å². The number of primary amides is 1. The predicted molar refractivity (Wildman–Crippen MR) is 79.5 cm³/mol. The predicted octanol–water partition coefficient (Wildman–Crippen LogP) is -0.336. The van der Waals surface area contributed by atoms with Gasteiger partial charge in [-0.25, -0.2) is 4.79 Å². The molecule has 0 aliphatic rings. The van der Waals surface area contributed by atoms with E-state index in [1.165, 1.54) is 22.9 Å². The first-order chi connectivity index (χ1) is 10.5. The first-order valence-electron chi connectivity index (χ1n) is 6.46. The van der Waals surface area contributed by atoms with Crippen molar-refractivity contribution in [2.75, 3.05) is 5.32 Å². The van der Waals surface area contributed by atoms with Crippen molar-refractivity contribution in [2.45, 2.75) is 13.0 Å². The average Bonchev–Trinajstić information content (AvgIpc) is 2.46. The summed E-state index contributed by atoms with van der Waals surface area (Å²) < 4.78 is 1.21. The minimum Gasteiger partial charge on any atom is -0.366 e. The minimum absolute atomic E-state index is 0.000946. The van der Waals surface area contributed by atoms with Crippen molar-refractivity contribution in [2.24, 2.45) is 5.73 Å². The van der Waals surface area contributed by atoms with E-state index in [9.17, 15) is 19.2 Å². The number of aromatic nitrogens is 2. The van der Waals surface area contributed by atoms with E-state index < -0.39 is 17.2 Å². The number of rotatable bonds is 5. The lowest BCUT2D eigenvalue weighted by Gasteiger charge is -2.09. The zero-order valence-corrected chi connectivity index (χ0v) is 11.5. The van der Waals surface area contributed by atoms with Crippen LogP contribution in [0.5, 0.6) is 0 Å². The van der Waals surface area contributed by atoms with E-state index in [1.54, 1.807) is 18.2 Å². The second kappa shape index (κ2) is 6.53. The standard InChI is InChI=1S/C14H14N4O4/c15-13(21)9-3-1-2-4-10(9)16-11(19)5-7-18-8-6-12(20)17-14(18)22/h1-4,6,8H,5,7H2,(H2,15,21)(H,16,19)(H,17,20,22). The maximum Gasteiger partial charge on any atom is 0.328 e. The van der Waals surface area contributed by atoms with Crippen molar-refractivity contribution in [1.29, 1.82) is 0 Å². The van der Waals surface area contributed by atoms with Crippen molar-refractivity contribution in [3.8, 4) is 0 Å². The molecule has 1 aromatic carbocycles. The van der Waals surface area contributed by atoms with Crippen molar-refractivity contribution in [1.82, 2.24) is 9.55 Å². The first kappa shape index (κ1) is 15.2. The van der Waals surface area contributed by atoms with Crippen LogP contribution in [0, 0.1) is 0 Å². The van der Waals surface area contributed by atoms with Crippen molar-refractivity contribution < 1.29 is 9.59 Å². The third-order valence-corrected chi connectivity index (χ3v) is 2.94. The SMILES string of the molecule is NC(=O)c1ccccc1NC(=O)CCn1ccc(=O)[nH]c1=O. The fraction of sp³-hybridized carbons (Fsp3) is 0.143. The number of nitrogens with two attached hydrogens (primary N) is 1. The Hall–Kier alpha value is -3.16. The number of carbonyl (C=O) groups excluding carboxylic acids is 2. The highest BCUT2D eigenvalue weighted by Crippen LogP contribution is 2.14. The van der Waals surface area contributed by atoms with Crippen LogP contribution in [0.4, 0.5) is 5.69 Å². The van der Waals surface area contributed by atoms with Gasteiger partial charge in [-0.05, 0) is 12.1 Å². The van der Waals surface area contributed by atoms with Crippen LogP contribution in [0.25, 0.3) is 0 Å². The van der Waals surface area contributed by atoms with E-state index in [0.29, 0.717) is 5.69 Å². The van der Waals surface area contributed by atoms with Gasteiger partial charge in [0.25, 0.3) is 11.5 Å². The number of para-hydroxylation sites is 1. The molecule has 8 heteroatoms. The van der Waals surface area contributed by atoms with Crippen molar-refractivity contribution in [3.05, 3.63) is 62.9 Å². The van der Waals surface area contributed by atoms with Crippen molar-refractivity contribution >= 4 is 17.5 Å². The Kier molecular flexibility index (Phi) is 4.52. The number of anilines is 1. The van der Waals surface area contributed by atoms with E-state index in [-0.39, 0.29) is 24.4 Å². The molecule has 0 atom stereocenters. The van der Waals surface area contributed by atoms with Gasteiger partial charge < -0.3 is 15.6 Å². The molecule has 0 aliphatic heterocycles. The molecule has 8 nitrogen and oxygen atoms in total. The number of H-pyrrole nitrogens is 1. The quantitative estimate of drug-likeness (QED) is 0.698. The van der Waals surface area contributed by atoms with Gasteiger partial charge in [0.15, 0.2) is 0 Å². The van der Waals surface area contributed by atoms with Crippen LogP contribution in [0.15, 0.2) is 46.1 Å². The molecular formula is C14H14N4O4. The highest BCUT2D eigenvalue weighted by molar-refractivity contribution is 6.02. The molecule has 2 amide bonds. The molecule has 0 radical (unpaired) electrons. The number of aryl methyl sites for hydroxylation is 1. The van der Waals surface area contributed by atoms with Gasteiger partial charge in [-0.2, -0.15) is 0 Å². The Labute approximate surface area is 124 Å². The number of hydrogen-bond donors (Lipinski definition) is 3. The summed E-state index contributed by atoms with van der Waals surface area (Å²) in [6, 6.07) is 7.56. The van der Waals surface area contributed by atoms with E-state index in [0.717, 1.165) is 0 Å². The summed E-state index contributed by atoms with van der Waals surface area (Å²) in [4.78, 5) is 47.6. The normalized spacial score (nSPS) is 10.2. The van der Waals surface area contributed by atoms with Crippen LogP contribution < -0.4 is 22.3 Å². The van der Waals surface area contributed by atoms with Gasteiger partial charge in [-0.1, -0.05) is 12.1 Å². The van der Waals surface area contributed by atoms with Gasteiger partial charge in [0, 0.05) is 25.2 Å². The van der Waals surface area contributed by atoms with Crippen LogP contribution in [0.1, 0.15) is 16.8 Å². The number of nitrogens with one attached hydrogen (secondary N) is 2. The Bertz CT molecular complexity index is 822. The summed E-state index contributed by atoms with van der Waals surface area (Å²) in [5.74, 6) is -1.03. The van der Waals surface area contributed by atoms with Crippen molar-refractivity contribution in [3.63, 3.8) is 0 Å². The number of nitrogens with zero attached hydrogens (tertiary/aromatic N) is 1. The molecular weight excluding hydrogens is 288 g/mol. The van der Waals surface area contributed by atoms with E-state index in [2.05, 4.69) is 10.3 Å². The first-order valence-corrected chi connectivity index (χ1v) is 6.46. The molecule has 2 aromatic rings. The zero-order chi connectivity index (χ0) is 16.1. The lowest BCUT2D eigenvalue weighted by Crippen LogP contribution is -2.30. The topological polar surface area (TPSA) is 127 Å². The molecule has 0 bridgehead atoms. The fourth-order valence-electron chi connectivity index (χ4n) is 1.86. The third kappa shape index (κ3) is 3.69. The van der Waals surface area contributed by atoms with Gasteiger partial charge in [-0.3, -0.25) is 19.4 Å². The van der Waals surface area contributed by atoms with Crippen LogP contribution in [-0.4, -0.2) is 21.4 Å². The molecule has 4 N–H and O–H groups in total. The van der Waals surface area contributed by atoms with E-state index in [1.807, 2.05) is 0 Å². The molecule has 0 spiro atoms. The summed E-state index contributed by atoms with van der Waals surface area (Å²) >= 11 is 0. The monoisotopic (exact) mass is 302 g/mol. The maximum atomic E-state index is 11.9. The van der Waals surface area contributed by atoms with E-state index in [4.69, 9.17) is 5.73 Å². The molecule has 114 valence electrons. The molecule has 0 unspecified atom stereocenters. The van der Waals surface area contributed by atoms with Gasteiger partial charge >= 0.3 is 5.69 Å². The third-order valence-electron chi connectivity index (χ3n) is 2.94. The van der Waals surface area contributed by atoms with Crippen LogP contribution >= 0.6 is 0 Å². The van der Waals surface area contributed by atoms with E-state index >= 15 is 0 Å². The highest BCUT2D eigenvalue weighted by Gasteiger charge is 2.10. The number of amides is 2. The summed E-state index contributed by atoms with van der Waals surface area (Å²) in [5, 5.41) is 2.57. The number of aromatic amines is 1. The number of hydrogen-bond acceptors (Lipinski definition) is 4. The lowest BCUT2D eigenvalue weighted by atomic mass is 10.1. The number of benzene rings is 1. The summed E-state index contributed by atoms with van der Waals surface area (Å²) in [6.07, 6.45) is 1.31. The largest absolute Gasteiger partial charge is 0.366 e. The smallest absolute Gasteiger partial charge is 0.328 e. The van der Waals surface area contributed by atoms with Crippen LogP contribution in [0.3, 0.4) is 0 Å². The van der Waals surface area contributed by atoms with Gasteiger partial charge in [0.1, 0.15) is 0 Å². The molecule has 1 aromatic heterocycles. The highest BCUT2D eigenvalue weighted by atomic mass is 16.2. The second-order valence-corrected chi connectivity index (χ2v) is 4.51. The molecule has 0 fully saturated rings. The Balaban J connectivity index is 2.03. The van der Waals surface area contributed by atoms with Gasteiger partial charge in [0.2, 0.25) is 5.91 Å². The second-order valence-electron chi connectivity index (χ2n) is 4.51. The molecule has 22 heavy (non-hydrogen) atoms. The Morgan fingerprint density at radius 1 is 1.18 bits per heavy atom. The summed E-state index contributed by atoms with van der Waals surface area (Å²) in [5.41, 5.74) is 4.65. The average molecular weight is 302 g/mol. The van der Waals surface area contributed by atoms with Crippen LogP contribution in [0.2, 0.25) is 0 Å². The number of carbonyl (C=O) groups is 2. The van der Waals surface area contributed by atoms with Crippen LogP contribution in [-0.2, 0) is 11.3 Å². The molecule has 1 heterocycles. The summed E-state index contributed by atoms with van der Waals surface area (Å²) in [7, 11) is 0. The Morgan fingerprint density at radius 3 is 2.59 bits per heavy atom. The zero-order valence-electron chi connectivity index (χ0n) is 11.5. The lowest BCUT2D eigenvalue weighted by molar-refractivity contribution is -0.116. The minimum atomic E-state index is -0.646.